The van der Waals surface area contributed by atoms with Crippen molar-refractivity contribution in [2.75, 3.05) is 57.4 Å². The van der Waals surface area contributed by atoms with E-state index in [1.54, 1.807) is 36.5 Å². The average molecular weight is 885 g/mol. The van der Waals surface area contributed by atoms with Gasteiger partial charge < -0.3 is 19.1 Å². The molecule has 0 radical (unpaired) electrons. The molecule has 4 aliphatic rings. The summed E-state index contributed by atoms with van der Waals surface area (Å²) in [6.45, 7) is 3.36. The van der Waals surface area contributed by atoms with Crippen LogP contribution in [0.25, 0.3) is 5.57 Å². The number of halogens is 5. The molecular weight excluding hydrogens is 842 g/mol. The number of pyridine rings is 1. The van der Waals surface area contributed by atoms with E-state index in [2.05, 4.69) is 24.5 Å². The number of hydrogen-bond acceptors (Lipinski definition) is 10. The van der Waals surface area contributed by atoms with Gasteiger partial charge in [-0.3, -0.25) is 14.7 Å². The molecule has 0 saturated carbocycles. The highest BCUT2D eigenvalue weighted by Crippen LogP contribution is 2.42. The van der Waals surface area contributed by atoms with Gasteiger partial charge in [0.15, 0.2) is 0 Å². The fraction of sp³-hybridized carbons (Fsp3) is 0.372. The zero-order chi connectivity index (χ0) is 42.1. The summed E-state index contributed by atoms with van der Waals surface area (Å²) in [5.74, 6) is -3.34. The average Bonchev–Trinajstić information content (AvgIpc) is 3.71. The van der Waals surface area contributed by atoms with E-state index in [1.165, 1.54) is 6.07 Å². The van der Waals surface area contributed by atoms with Gasteiger partial charge >= 0.3 is 0 Å². The Labute approximate surface area is 356 Å². The summed E-state index contributed by atoms with van der Waals surface area (Å²) in [6.07, 6.45) is 2.76. The number of anilines is 1. The highest BCUT2D eigenvalue weighted by molar-refractivity contribution is 7.90. The zero-order valence-corrected chi connectivity index (χ0v) is 34.8. The molecule has 3 aliphatic heterocycles. The molecule has 60 heavy (non-hydrogen) atoms. The molecule has 0 unspecified atom stereocenters. The molecular formula is C43H42Cl2F3N5O6S. The summed E-state index contributed by atoms with van der Waals surface area (Å²) in [7, 11) is -4.52. The number of alkyl halides is 3. The molecule has 0 spiro atoms. The SMILES string of the molecule is O=C(NS(=O)(=O)c1cnc(OCC2(F)CCOCC2)c(Cl)c1)c1ccc(N2CCN(CC3=C(c4ccc(Cl)cc4)CCC(F)(F)C3)CC2)cc1Oc1cccc2c1C=NC2. The summed E-state index contributed by atoms with van der Waals surface area (Å²) in [6, 6.07) is 18.8. The van der Waals surface area contributed by atoms with E-state index in [0.717, 1.165) is 45.8 Å². The number of fused-ring (bicyclic) bond motifs is 1. The smallest absolute Gasteiger partial charge is 0.268 e. The van der Waals surface area contributed by atoms with E-state index in [9.17, 15) is 22.0 Å². The van der Waals surface area contributed by atoms with Crippen molar-refractivity contribution in [2.45, 2.75) is 55.1 Å². The van der Waals surface area contributed by atoms with Gasteiger partial charge in [0.2, 0.25) is 5.88 Å². The maximum atomic E-state index is 15.0. The van der Waals surface area contributed by atoms with Crippen molar-refractivity contribution in [2.24, 2.45) is 4.99 Å². The summed E-state index contributed by atoms with van der Waals surface area (Å²) < 4.78 is 90.7. The first-order chi connectivity index (χ1) is 28.7. The normalized spacial score (nSPS) is 18.9. The molecule has 3 aromatic carbocycles. The molecule has 316 valence electrons. The number of sulfonamides is 1. The lowest BCUT2D eigenvalue weighted by atomic mass is 9.85. The monoisotopic (exact) mass is 883 g/mol. The van der Waals surface area contributed by atoms with Crippen LogP contribution < -0.4 is 19.1 Å². The third kappa shape index (κ3) is 9.60. The first-order valence-electron chi connectivity index (χ1n) is 19.6. The molecule has 1 amide bonds. The van der Waals surface area contributed by atoms with Crippen LogP contribution in [0.3, 0.4) is 0 Å². The number of aromatic nitrogens is 1. The van der Waals surface area contributed by atoms with Crippen LogP contribution in [0.1, 0.15) is 59.2 Å². The molecule has 1 aliphatic carbocycles. The predicted molar refractivity (Wildman–Crippen MR) is 223 cm³/mol. The van der Waals surface area contributed by atoms with Crippen molar-refractivity contribution in [3.8, 4) is 17.4 Å². The van der Waals surface area contributed by atoms with Gasteiger partial charge in [0.1, 0.15) is 33.7 Å². The summed E-state index contributed by atoms with van der Waals surface area (Å²) >= 11 is 12.4. The van der Waals surface area contributed by atoms with Crippen molar-refractivity contribution in [3.63, 3.8) is 0 Å². The van der Waals surface area contributed by atoms with Crippen LogP contribution in [-0.2, 0) is 21.3 Å². The second-order valence-electron chi connectivity index (χ2n) is 15.4. The van der Waals surface area contributed by atoms with Crippen molar-refractivity contribution in [1.29, 1.82) is 0 Å². The highest BCUT2D eigenvalue weighted by Gasteiger charge is 2.37. The molecule has 4 aromatic rings. The van der Waals surface area contributed by atoms with E-state index in [-0.39, 0.29) is 74.1 Å². The van der Waals surface area contributed by atoms with E-state index >= 15 is 4.39 Å². The van der Waals surface area contributed by atoms with Crippen LogP contribution in [-0.4, -0.2) is 94.6 Å². The number of allylic oxidation sites excluding steroid dienone is 1. The van der Waals surface area contributed by atoms with Crippen LogP contribution in [0.4, 0.5) is 18.9 Å². The number of amides is 1. The van der Waals surface area contributed by atoms with Gasteiger partial charge in [-0.15, -0.1) is 0 Å². The maximum absolute atomic E-state index is 15.0. The fourth-order valence-electron chi connectivity index (χ4n) is 7.85. The first kappa shape index (κ1) is 42.0. The standard InChI is InChI=1S/C43H42Cl2F3N5O6S/c44-31-6-4-28(5-7-31)34-10-11-43(47,48)22-30(34)26-52-14-16-53(17-15-52)32-8-9-35(39(20-32)59-38-3-1-2-29-23-49-25-36(29)38)40(54)51-60(55,56)33-21-37(45)41(50-24-33)58-27-42(46)12-18-57-19-13-42/h1-9,20-21,24-25H,10-19,22-23,26-27H2,(H,51,54). The van der Waals surface area contributed by atoms with Crippen molar-refractivity contribution in [1.82, 2.24) is 14.6 Å². The third-order valence-electron chi connectivity index (χ3n) is 11.2. The Kier molecular flexibility index (Phi) is 12.2. The molecule has 2 fully saturated rings. The summed E-state index contributed by atoms with van der Waals surface area (Å²) in [5.41, 5.74) is 3.29. The number of nitrogens with one attached hydrogen (secondary N) is 1. The van der Waals surface area contributed by atoms with E-state index < -0.39 is 32.4 Å². The number of ether oxygens (including phenoxy) is 3. The number of piperazine rings is 1. The molecule has 11 nitrogen and oxygen atoms in total. The first-order valence-corrected chi connectivity index (χ1v) is 21.9. The number of benzene rings is 3. The molecule has 1 aromatic heterocycles. The Morgan fingerprint density at radius 3 is 2.45 bits per heavy atom. The Morgan fingerprint density at radius 2 is 1.70 bits per heavy atom. The number of rotatable bonds is 12. The van der Waals surface area contributed by atoms with Gasteiger partial charge in [0.05, 0.1) is 18.3 Å². The van der Waals surface area contributed by atoms with Crippen molar-refractivity contribution >= 4 is 56.6 Å². The van der Waals surface area contributed by atoms with E-state index in [0.29, 0.717) is 50.0 Å². The number of carbonyl (C=O) groups is 1. The minimum absolute atomic E-state index is 0.0582. The Bertz CT molecular complexity index is 2440. The van der Waals surface area contributed by atoms with Gasteiger partial charge in [-0.05, 0) is 65.1 Å². The summed E-state index contributed by atoms with van der Waals surface area (Å²) in [4.78, 5) is 26.1. The minimum Gasteiger partial charge on any atom is -0.473 e. The maximum Gasteiger partial charge on any atom is 0.268 e. The molecule has 17 heteroatoms. The third-order valence-corrected chi connectivity index (χ3v) is 13.0. The molecule has 0 atom stereocenters. The Balaban J connectivity index is 0.994. The van der Waals surface area contributed by atoms with Crippen molar-refractivity contribution < 1.29 is 40.6 Å². The lowest BCUT2D eigenvalue weighted by Gasteiger charge is -2.38. The lowest BCUT2D eigenvalue weighted by Crippen LogP contribution is -2.47. The van der Waals surface area contributed by atoms with Crippen LogP contribution in [0, 0.1) is 0 Å². The van der Waals surface area contributed by atoms with Crippen molar-refractivity contribution in [3.05, 3.63) is 111 Å². The van der Waals surface area contributed by atoms with Crippen LogP contribution in [0.15, 0.2) is 88.4 Å². The molecule has 1 N–H and O–H groups in total. The lowest BCUT2D eigenvalue weighted by molar-refractivity contribution is -0.0331. The van der Waals surface area contributed by atoms with Crippen LogP contribution in [0.5, 0.6) is 17.4 Å². The van der Waals surface area contributed by atoms with E-state index in [1.807, 2.05) is 24.3 Å². The molecule has 8 rings (SSSR count). The topological polar surface area (TPSA) is 123 Å². The molecule has 2 saturated heterocycles. The van der Waals surface area contributed by atoms with Gasteiger partial charge in [-0.1, -0.05) is 47.5 Å². The van der Waals surface area contributed by atoms with Gasteiger partial charge in [-0.2, -0.15) is 0 Å². The molecule has 4 heterocycles. The predicted octanol–water partition coefficient (Wildman–Crippen LogP) is 8.52. The number of nitrogens with zero attached hydrogens (tertiary/aromatic N) is 4. The Hall–Kier alpha value is -4.67. The van der Waals surface area contributed by atoms with Gasteiger partial charge in [-0.25, -0.2) is 31.3 Å². The second-order valence-corrected chi connectivity index (χ2v) is 17.9. The minimum atomic E-state index is -4.52. The van der Waals surface area contributed by atoms with E-state index in [4.69, 9.17) is 37.4 Å². The summed E-state index contributed by atoms with van der Waals surface area (Å²) in [5, 5.41) is 0.410. The largest absolute Gasteiger partial charge is 0.473 e. The Morgan fingerprint density at radius 1 is 0.933 bits per heavy atom. The van der Waals surface area contributed by atoms with Gasteiger partial charge in [0.25, 0.3) is 21.9 Å². The highest BCUT2D eigenvalue weighted by atomic mass is 35.5. The number of carbonyl (C=O) groups excluding carboxylic acids is 1. The van der Waals surface area contributed by atoms with Crippen LogP contribution in [0.2, 0.25) is 10.0 Å². The fourth-order valence-corrected chi connectivity index (χ4v) is 9.20. The van der Waals surface area contributed by atoms with Crippen LogP contribution >= 0.6 is 23.2 Å². The zero-order valence-electron chi connectivity index (χ0n) is 32.4. The number of hydrogen-bond donors (Lipinski definition) is 1. The molecule has 0 bridgehead atoms. The second kappa shape index (κ2) is 17.4. The van der Waals surface area contributed by atoms with Gasteiger partial charge in [0, 0.05) is 100 Å². The number of aliphatic imine (C=N–C) groups is 1. The quantitative estimate of drug-likeness (QED) is 0.149.